The van der Waals surface area contributed by atoms with Crippen LogP contribution in [-0.4, -0.2) is 11.4 Å². The highest BCUT2D eigenvalue weighted by Gasteiger charge is 2.10. The molecular weight excluding hydrogens is 344 g/mol. The number of carbonyl (C=O) groups excluding carboxylic acids is 1. The molecule has 0 atom stereocenters. The van der Waals surface area contributed by atoms with Crippen LogP contribution in [0.1, 0.15) is 16.7 Å². The molecule has 0 saturated carbocycles. The molecular formula is C25H18N2O. The fourth-order valence-corrected chi connectivity index (χ4v) is 3.12. The zero-order valence-corrected chi connectivity index (χ0v) is 15.2. The molecule has 0 unspecified atom stereocenters. The van der Waals surface area contributed by atoms with Crippen LogP contribution in [0.4, 0.5) is 5.69 Å². The zero-order chi connectivity index (χ0) is 19.2. The van der Waals surface area contributed by atoms with Crippen molar-refractivity contribution in [1.82, 2.24) is 4.98 Å². The normalized spacial score (nSPS) is 10.1. The molecule has 0 aliphatic rings. The minimum absolute atomic E-state index is 0.486. The van der Waals surface area contributed by atoms with Gasteiger partial charge in [-0.05, 0) is 46.7 Å². The van der Waals surface area contributed by atoms with Crippen molar-refractivity contribution in [2.75, 3.05) is 4.90 Å². The molecule has 1 heterocycles. The van der Waals surface area contributed by atoms with E-state index >= 15 is 0 Å². The van der Waals surface area contributed by atoms with Gasteiger partial charge in [-0.25, -0.2) is 0 Å². The largest absolute Gasteiger partial charge is 0.309 e. The van der Waals surface area contributed by atoms with Gasteiger partial charge < -0.3 is 4.90 Å². The van der Waals surface area contributed by atoms with Gasteiger partial charge in [0.25, 0.3) is 0 Å². The van der Waals surface area contributed by atoms with Gasteiger partial charge in [0.2, 0.25) is 6.41 Å². The van der Waals surface area contributed by atoms with E-state index in [0.717, 1.165) is 34.2 Å². The Hall–Kier alpha value is -3.90. The Balaban J connectivity index is 1.64. The Morgan fingerprint density at radius 1 is 0.857 bits per heavy atom. The van der Waals surface area contributed by atoms with Crippen LogP contribution in [0.5, 0.6) is 0 Å². The van der Waals surface area contributed by atoms with Gasteiger partial charge >= 0.3 is 0 Å². The lowest BCUT2D eigenvalue weighted by atomic mass is 10.1. The van der Waals surface area contributed by atoms with Gasteiger partial charge in [-0.15, -0.1) is 0 Å². The Labute approximate surface area is 164 Å². The molecule has 0 spiro atoms. The maximum absolute atomic E-state index is 11.9. The summed E-state index contributed by atoms with van der Waals surface area (Å²) in [7, 11) is 0. The molecule has 1 aromatic heterocycles. The van der Waals surface area contributed by atoms with Crippen LogP contribution in [0, 0.1) is 11.8 Å². The third-order valence-electron chi connectivity index (χ3n) is 4.51. The van der Waals surface area contributed by atoms with Crippen molar-refractivity contribution in [2.24, 2.45) is 0 Å². The number of carbonyl (C=O) groups is 1. The summed E-state index contributed by atoms with van der Waals surface area (Å²) in [6, 6.07) is 25.9. The van der Waals surface area contributed by atoms with Crippen molar-refractivity contribution >= 4 is 22.9 Å². The molecule has 0 fully saturated rings. The number of hydrogen-bond donors (Lipinski definition) is 0. The SMILES string of the molecule is O=CN(Cc1ccc2ccccc2c1)c1ccccc1C#Cc1cccnc1. The smallest absolute Gasteiger partial charge is 0.214 e. The summed E-state index contributed by atoms with van der Waals surface area (Å²) in [5, 5.41) is 2.35. The highest BCUT2D eigenvalue weighted by Crippen LogP contribution is 2.22. The summed E-state index contributed by atoms with van der Waals surface area (Å²) >= 11 is 0. The van der Waals surface area contributed by atoms with Crippen molar-refractivity contribution in [3.8, 4) is 11.8 Å². The fourth-order valence-electron chi connectivity index (χ4n) is 3.12. The van der Waals surface area contributed by atoms with Crippen LogP contribution >= 0.6 is 0 Å². The molecule has 0 N–H and O–H groups in total. The van der Waals surface area contributed by atoms with Gasteiger partial charge in [0, 0.05) is 23.5 Å². The molecule has 3 heteroatoms. The number of fused-ring (bicyclic) bond motifs is 1. The lowest BCUT2D eigenvalue weighted by molar-refractivity contribution is -0.107. The monoisotopic (exact) mass is 362 g/mol. The molecule has 0 aliphatic carbocycles. The second-order valence-electron chi connectivity index (χ2n) is 6.42. The Morgan fingerprint density at radius 2 is 1.68 bits per heavy atom. The molecule has 28 heavy (non-hydrogen) atoms. The molecule has 0 saturated heterocycles. The summed E-state index contributed by atoms with van der Waals surface area (Å²) in [4.78, 5) is 17.6. The molecule has 134 valence electrons. The number of pyridine rings is 1. The lowest BCUT2D eigenvalue weighted by Crippen LogP contribution is -2.21. The van der Waals surface area contributed by atoms with Gasteiger partial charge in [0.1, 0.15) is 0 Å². The van der Waals surface area contributed by atoms with E-state index in [0.29, 0.717) is 6.54 Å². The van der Waals surface area contributed by atoms with Gasteiger partial charge in [0.15, 0.2) is 0 Å². The first-order chi connectivity index (χ1) is 13.8. The number of para-hydroxylation sites is 1. The van der Waals surface area contributed by atoms with Crippen molar-refractivity contribution in [1.29, 1.82) is 0 Å². The van der Waals surface area contributed by atoms with E-state index in [4.69, 9.17) is 0 Å². The third-order valence-corrected chi connectivity index (χ3v) is 4.51. The van der Waals surface area contributed by atoms with E-state index in [1.165, 1.54) is 5.39 Å². The van der Waals surface area contributed by atoms with E-state index < -0.39 is 0 Å². The Bertz CT molecular complexity index is 1170. The average molecular weight is 362 g/mol. The van der Waals surface area contributed by atoms with Crippen molar-refractivity contribution in [3.63, 3.8) is 0 Å². The molecule has 3 nitrogen and oxygen atoms in total. The third kappa shape index (κ3) is 3.92. The van der Waals surface area contributed by atoms with Crippen LogP contribution < -0.4 is 4.90 Å². The number of benzene rings is 3. The first-order valence-corrected chi connectivity index (χ1v) is 9.04. The first kappa shape index (κ1) is 17.5. The quantitative estimate of drug-likeness (QED) is 0.386. The minimum Gasteiger partial charge on any atom is -0.309 e. The summed E-state index contributed by atoms with van der Waals surface area (Å²) in [6.07, 6.45) is 4.30. The maximum Gasteiger partial charge on any atom is 0.214 e. The summed E-state index contributed by atoms with van der Waals surface area (Å²) < 4.78 is 0. The van der Waals surface area contributed by atoms with Crippen LogP contribution in [0.2, 0.25) is 0 Å². The number of aromatic nitrogens is 1. The molecule has 4 rings (SSSR count). The number of anilines is 1. The summed E-state index contributed by atoms with van der Waals surface area (Å²) in [5.74, 6) is 6.28. The topological polar surface area (TPSA) is 33.2 Å². The van der Waals surface area contributed by atoms with Gasteiger partial charge in [-0.3, -0.25) is 9.78 Å². The summed E-state index contributed by atoms with van der Waals surface area (Å²) in [6.45, 7) is 0.486. The number of rotatable bonds is 4. The number of amides is 1. The van der Waals surface area contributed by atoms with E-state index in [1.54, 1.807) is 17.3 Å². The average Bonchev–Trinajstić information content (AvgIpc) is 2.77. The van der Waals surface area contributed by atoms with E-state index in [9.17, 15) is 4.79 Å². The predicted molar refractivity (Wildman–Crippen MR) is 113 cm³/mol. The van der Waals surface area contributed by atoms with E-state index in [-0.39, 0.29) is 0 Å². The molecule has 0 aliphatic heterocycles. The Kier molecular flexibility index (Phi) is 5.13. The number of hydrogen-bond acceptors (Lipinski definition) is 2. The summed E-state index contributed by atoms with van der Waals surface area (Å²) in [5.41, 5.74) is 3.51. The minimum atomic E-state index is 0.486. The maximum atomic E-state index is 11.9. The Morgan fingerprint density at radius 3 is 2.50 bits per heavy atom. The second-order valence-corrected chi connectivity index (χ2v) is 6.42. The zero-order valence-electron chi connectivity index (χ0n) is 15.2. The lowest BCUT2D eigenvalue weighted by Gasteiger charge is -2.19. The highest BCUT2D eigenvalue weighted by molar-refractivity contribution is 5.84. The van der Waals surface area contributed by atoms with Crippen LogP contribution in [0.15, 0.2) is 91.3 Å². The molecule has 3 aromatic carbocycles. The molecule has 0 radical (unpaired) electrons. The highest BCUT2D eigenvalue weighted by atomic mass is 16.1. The van der Waals surface area contributed by atoms with Gasteiger partial charge in [0.05, 0.1) is 12.2 Å². The standard InChI is InChI=1S/C25H18N2O/c28-19-27(18-21-12-13-22-7-1-2-9-24(22)16-21)25-10-4-3-8-23(25)14-11-20-6-5-15-26-17-20/h1-10,12-13,15-17,19H,18H2. The van der Waals surface area contributed by atoms with Crippen molar-refractivity contribution in [3.05, 3.63) is 108 Å². The van der Waals surface area contributed by atoms with Gasteiger partial charge in [-0.1, -0.05) is 60.4 Å². The molecule has 1 amide bonds. The van der Waals surface area contributed by atoms with Crippen molar-refractivity contribution in [2.45, 2.75) is 6.54 Å². The fraction of sp³-hybridized carbons (Fsp3) is 0.0400. The van der Waals surface area contributed by atoms with Crippen molar-refractivity contribution < 1.29 is 4.79 Å². The van der Waals surface area contributed by atoms with Crippen LogP contribution in [0.25, 0.3) is 10.8 Å². The molecule has 4 aromatic rings. The second kappa shape index (κ2) is 8.20. The molecule has 0 bridgehead atoms. The van der Waals surface area contributed by atoms with E-state index in [1.807, 2.05) is 48.5 Å². The van der Waals surface area contributed by atoms with Gasteiger partial charge in [-0.2, -0.15) is 0 Å². The van der Waals surface area contributed by atoms with Crippen LogP contribution in [0.3, 0.4) is 0 Å². The van der Waals surface area contributed by atoms with E-state index in [2.05, 4.69) is 47.2 Å². The predicted octanol–water partition coefficient (Wildman–Crippen LogP) is 4.80. The van der Waals surface area contributed by atoms with Crippen LogP contribution in [-0.2, 0) is 11.3 Å². The number of nitrogens with zero attached hydrogens (tertiary/aromatic N) is 2. The first-order valence-electron chi connectivity index (χ1n) is 9.04.